The SMILES string of the molecule is c1ccc(-c2nc(-c3ccc(-c4cccc5ccccc45)cc3)nc(-c3cccc4sc5c6ccccc6ccc5c34)n2)cc1. The predicted molar refractivity (Wildman–Crippen MR) is 189 cm³/mol. The molecule has 0 saturated carbocycles. The van der Waals surface area contributed by atoms with Crippen molar-refractivity contribution in [3.8, 4) is 45.3 Å². The van der Waals surface area contributed by atoms with E-state index >= 15 is 0 Å². The second-order valence-electron chi connectivity index (χ2n) is 11.2. The molecule has 0 atom stereocenters. The van der Waals surface area contributed by atoms with Crippen molar-refractivity contribution in [2.75, 3.05) is 0 Å². The number of fused-ring (bicyclic) bond motifs is 6. The second kappa shape index (κ2) is 10.5. The van der Waals surface area contributed by atoms with Gasteiger partial charge in [-0.2, -0.15) is 0 Å². The molecule has 45 heavy (non-hydrogen) atoms. The zero-order chi connectivity index (χ0) is 29.7. The average Bonchev–Trinajstić information content (AvgIpc) is 3.51. The summed E-state index contributed by atoms with van der Waals surface area (Å²) in [6, 6.07) is 53.2. The monoisotopic (exact) mass is 591 g/mol. The molecule has 0 spiro atoms. The van der Waals surface area contributed by atoms with Crippen molar-refractivity contribution in [3.05, 3.63) is 152 Å². The summed E-state index contributed by atoms with van der Waals surface area (Å²) in [5.74, 6) is 2.00. The molecule has 3 nitrogen and oxygen atoms in total. The Balaban J connectivity index is 1.23. The van der Waals surface area contributed by atoms with E-state index in [2.05, 4.69) is 133 Å². The maximum Gasteiger partial charge on any atom is 0.164 e. The number of rotatable bonds is 4. The predicted octanol–water partition coefficient (Wildman–Crippen LogP) is 11.2. The van der Waals surface area contributed by atoms with Crippen molar-refractivity contribution in [3.63, 3.8) is 0 Å². The minimum absolute atomic E-state index is 0.658. The number of benzene rings is 7. The van der Waals surface area contributed by atoms with Gasteiger partial charge in [-0.05, 0) is 38.7 Å². The van der Waals surface area contributed by atoms with Gasteiger partial charge in [0.05, 0.1) is 0 Å². The van der Waals surface area contributed by atoms with Crippen molar-refractivity contribution >= 4 is 53.1 Å². The highest BCUT2D eigenvalue weighted by Crippen LogP contribution is 2.42. The van der Waals surface area contributed by atoms with Gasteiger partial charge in [-0.1, -0.05) is 146 Å². The van der Waals surface area contributed by atoms with Gasteiger partial charge in [0.2, 0.25) is 0 Å². The molecule has 9 rings (SSSR count). The lowest BCUT2D eigenvalue weighted by Crippen LogP contribution is -2.00. The second-order valence-corrected chi connectivity index (χ2v) is 12.3. The van der Waals surface area contributed by atoms with E-state index in [0.717, 1.165) is 22.3 Å². The van der Waals surface area contributed by atoms with Crippen LogP contribution in [-0.2, 0) is 0 Å². The number of nitrogens with zero attached hydrogens (tertiary/aromatic N) is 3. The van der Waals surface area contributed by atoms with E-state index in [-0.39, 0.29) is 0 Å². The lowest BCUT2D eigenvalue weighted by molar-refractivity contribution is 1.08. The highest BCUT2D eigenvalue weighted by atomic mass is 32.1. The molecule has 0 bridgehead atoms. The van der Waals surface area contributed by atoms with Crippen molar-refractivity contribution in [1.29, 1.82) is 0 Å². The van der Waals surface area contributed by atoms with Crippen molar-refractivity contribution < 1.29 is 0 Å². The molecule has 7 aromatic carbocycles. The molecule has 0 saturated heterocycles. The van der Waals surface area contributed by atoms with Crippen LogP contribution < -0.4 is 0 Å². The van der Waals surface area contributed by atoms with Crippen LogP contribution in [0.5, 0.6) is 0 Å². The van der Waals surface area contributed by atoms with E-state index in [1.54, 1.807) is 0 Å². The van der Waals surface area contributed by atoms with E-state index in [4.69, 9.17) is 15.0 Å². The first-order valence-electron chi connectivity index (χ1n) is 15.0. The largest absolute Gasteiger partial charge is 0.208 e. The van der Waals surface area contributed by atoms with Gasteiger partial charge in [0.1, 0.15) is 0 Å². The Morgan fingerprint density at radius 3 is 1.73 bits per heavy atom. The third kappa shape index (κ3) is 4.38. The van der Waals surface area contributed by atoms with Crippen LogP contribution in [0.1, 0.15) is 0 Å². The number of hydrogen-bond acceptors (Lipinski definition) is 4. The third-order valence-corrected chi connectivity index (χ3v) is 9.74. The van der Waals surface area contributed by atoms with Crippen LogP contribution in [0.4, 0.5) is 0 Å². The van der Waals surface area contributed by atoms with Gasteiger partial charge in [0.25, 0.3) is 0 Å². The highest BCUT2D eigenvalue weighted by molar-refractivity contribution is 7.26. The van der Waals surface area contributed by atoms with Crippen LogP contribution >= 0.6 is 11.3 Å². The van der Waals surface area contributed by atoms with Crippen molar-refractivity contribution in [1.82, 2.24) is 15.0 Å². The quantitative estimate of drug-likeness (QED) is 0.204. The molecule has 0 unspecified atom stereocenters. The Morgan fingerprint density at radius 1 is 0.356 bits per heavy atom. The Labute approximate surface area is 264 Å². The topological polar surface area (TPSA) is 38.7 Å². The van der Waals surface area contributed by atoms with Gasteiger partial charge < -0.3 is 0 Å². The normalized spacial score (nSPS) is 11.6. The summed E-state index contributed by atoms with van der Waals surface area (Å²) in [7, 11) is 0. The highest BCUT2D eigenvalue weighted by Gasteiger charge is 2.18. The molecule has 0 aliphatic carbocycles. The molecule has 0 aliphatic rings. The van der Waals surface area contributed by atoms with Crippen LogP contribution in [0.2, 0.25) is 0 Å². The van der Waals surface area contributed by atoms with Crippen LogP contribution in [0.15, 0.2) is 152 Å². The Morgan fingerprint density at radius 2 is 0.933 bits per heavy atom. The molecule has 0 N–H and O–H groups in total. The molecule has 0 aliphatic heterocycles. The van der Waals surface area contributed by atoms with Gasteiger partial charge in [-0.15, -0.1) is 11.3 Å². The minimum Gasteiger partial charge on any atom is -0.208 e. The lowest BCUT2D eigenvalue weighted by Gasteiger charge is -2.11. The van der Waals surface area contributed by atoms with Crippen LogP contribution in [0.3, 0.4) is 0 Å². The Kier molecular flexibility index (Phi) is 6.00. The fourth-order valence-electron chi connectivity index (χ4n) is 6.36. The number of aromatic nitrogens is 3. The molecule has 0 radical (unpaired) electrons. The van der Waals surface area contributed by atoms with Gasteiger partial charge in [-0.25, -0.2) is 15.0 Å². The first kappa shape index (κ1) is 25.8. The minimum atomic E-state index is 0.658. The third-order valence-electron chi connectivity index (χ3n) is 8.54. The van der Waals surface area contributed by atoms with E-state index < -0.39 is 0 Å². The summed E-state index contributed by atoms with van der Waals surface area (Å²) in [5.41, 5.74) is 5.30. The first-order chi connectivity index (χ1) is 22.3. The van der Waals surface area contributed by atoms with Gasteiger partial charge in [0, 0.05) is 36.9 Å². The molecular weight excluding hydrogens is 567 g/mol. The first-order valence-corrected chi connectivity index (χ1v) is 15.9. The molecule has 0 amide bonds. The summed E-state index contributed by atoms with van der Waals surface area (Å²) in [5, 5.41) is 7.41. The van der Waals surface area contributed by atoms with E-state index in [9.17, 15) is 0 Å². The summed E-state index contributed by atoms with van der Waals surface area (Å²) in [6.45, 7) is 0. The van der Waals surface area contributed by atoms with E-state index in [1.807, 2.05) is 29.5 Å². The van der Waals surface area contributed by atoms with E-state index in [0.29, 0.717) is 17.5 Å². The summed E-state index contributed by atoms with van der Waals surface area (Å²) >= 11 is 1.83. The average molecular weight is 592 g/mol. The Bertz CT molecular complexity index is 2530. The number of hydrogen-bond donors (Lipinski definition) is 0. The summed E-state index contributed by atoms with van der Waals surface area (Å²) in [4.78, 5) is 15.2. The van der Waals surface area contributed by atoms with Crippen LogP contribution in [0, 0.1) is 0 Å². The standard InChI is InChI=1S/C41H25N3S/c1-2-12-29(13-3-1)39-42-40(30-22-20-28(21-23-30)32-17-8-14-26-10-4-6-15-31(26)32)44-41(43-39)35-18-9-19-36-37(35)34-25-24-27-11-5-7-16-33(27)38(34)45-36/h1-25H. The molecule has 2 heterocycles. The fraction of sp³-hybridized carbons (Fsp3) is 0. The zero-order valence-electron chi connectivity index (χ0n) is 24.2. The van der Waals surface area contributed by atoms with Crippen molar-refractivity contribution in [2.24, 2.45) is 0 Å². The maximum absolute atomic E-state index is 5.13. The van der Waals surface area contributed by atoms with Gasteiger partial charge in [0.15, 0.2) is 17.5 Å². The van der Waals surface area contributed by atoms with Gasteiger partial charge in [-0.3, -0.25) is 0 Å². The molecular formula is C41H25N3S. The summed E-state index contributed by atoms with van der Waals surface area (Å²) < 4.78 is 2.51. The maximum atomic E-state index is 5.13. The van der Waals surface area contributed by atoms with Crippen molar-refractivity contribution in [2.45, 2.75) is 0 Å². The van der Waals surface area contributed by atoms with Crippen LogP contribution in [-0.4, -0.2) is 15.0 Å². The molecule has 2 aromatic heterocycles. The van der Waals surface area contributed by atoms with Gasteiger partial charge >= 0.3 is 0 Å². The zero-order valence-corrected chi connectivity index (χ0v) is 25.0. The Hall–Kier alpha value is -5.71. The molecule has 9 aromatic rings. The van der Waals surface area contributed by atoms with Crippen LogP contribution in [0.25, 0.3) is 87.0 Å². The number of thiophene rings is 1. The van der Waals surface area contributed by atoms with E-state index in [1.165, 1.54) is 47.3 Å². The molecule has 210 valence electrons. The lowest BCUT2D eigenvalue weighted by atomic mass is 9.97. The smallest absolute Gasteiger partial charge is 0.164 e. The fourth-order valence-corrected chi connectivity index (χ4v) is 7.62. The summed E-state index contributed by atoms with van der Waals surface area (Å²) in [6.07, 6.45) is 0. The molecule has 0 fully saturated rings. The molecule has 4 heteroatoms.